The van der Waals surface area contributed by atoms with Crippen LogP contribution in [0.1, 0.15) is 18.5 Å². The van der Waals surface area contributed by atoms with E-state index in [1.807, 2.05) is 31.3 Å². The van der Waals surface area contributed by atoms with E-state index in [0.29, 0.717) is 0 Å². The minimum atomic E-state index is 0.0638. The highest BCUT2D eigenvalue weighted by atomic mass is 79.9. The third kappa shape index (κ3) is 2.73. The number of benzene rings is 1. The van der Waals surface area contributed by atoms with Crippen LogP contribution in [0.25, 0.3) is 11.0 Å². The quantitative estimate of drug-likeness (QED) is 0.762. The summed E-state index contributed by atoms with van der Waals surface area (Å²) < 4.78 is 2.44. The maximum absolute atomic E-state index is 6.04. The van der Waals surface area contributed by atoms with E-state index >= 15 is 0 Å². The smallest absolute Gasteiger partial charge is 0.164 e. The molecule has 3 rings (SSSR count). The molecule has 0 spiro atoms. The molecule has 5 nitrogen and oxygen atoms in total. The molecule has 0 aliphatic carbocycles. The molecule has 21 heavy (non-hydrogen) atoms. The first-order valence-electron chi connectivity index (χ1n) is 6.41. The molecular weight excluding hydrogens is 354 g/mol. The van der Waals surface area contributed by atoms with Gasteiger partial charge in [0.05, 0.1) is 11.4 Å². The zero-order valence-electron chi connectivity index (χ0n) is 11.5. The maximum atomic E-state index is 6.04. The molecule has 3 aromatic rings. The van der Waals surface area contributed by atoms with Crippen LogP contribution in [0.5, 0.6) is 0 Å². The lowest BCUT2D eigenvalue weighted by Gasteiger charge is -2.15. The Balaban J connectivity index is 1.98. The summed E-state index contributed by atoms with van der Waals surface area (Å²) in [6.07, 6.45) is 1.53. The van der Waals surface area contributed by atoms with Crippen LogP contribution in [0.2, 0.25) is 5.02 Å². The Morgan fingerprint density at radius 1 is 1.33 bits per heavy atom. The van der Waals surface area contributed by atoms with E-state index in [-0.39, 0.29) is 6.04 Å². The Kier molecular flexibility index (Phi) is 3.82. The lowest BCUT2D eigenvalue weighted by molar-refractivity contribution is 0.777. The summed E-state index contributed by atoms with van der Waals surface area (Å²) in [5, 5.41) is 9.29. The summed E-state index contributed by atoms with van der Waals surface area (Å²) in [5.41, 5.74) is 1.87. The van der Waals surface area contributed by atoms with Gasteiger partial charge in [0.1, 0.15) is 16.7 Å². The minimum absolute atomic E-state index is 0.0638. The normalized spacial score (nSPS) is 12.6. The molecule has 0 saturated carbocycles. The summed E-state index contributed by atoms with van der Waals surface area (Å²) in [6.45, 7) is 2.06. The van der Waals surface area contributed by atoms with Crippen molar-refractivity contribution in [2.75, 3.05) is 5.32 Å². The van der Waals surface area contributed by atoms with E-state index < -0.39 is 0 Å². The molecule has 7 heteroatoms. The summed E-state index contributed by atoms with van der Waals surface area (Å²) in [7, 11) is 1.85. The van der Waals surface area contributed by atoms with E-state index in [4.69, 9.17) is 11.6 Å². The Morgan fingerprint density at radius 2 is 2.14 bits per heavy atom. The van der Waals surface area contributed by atoms with Gasteiger partial charge in [0.15, 0.2) is 5.65 Å². The molecule has 0 aliphatic rings. The molecule has 0 amide bonds. The van der Waals surface area contributed by atoms with Gasteiger partial charge in [-0.05, 0) is 40.5 Å². The fourth-order valence-electron chi connectivity index (χ4n) is 2.21. The zero-order chi connectivity index (χ0) is 15.0. The lowest BCUT2D eigenvalue weighted by Crippen LogP contribution is -2.08. The van der Waals surface area contributed by atoms with Gasteiger partial charge >= 0.3 is 0 Å². The van der Waals surface area contributed by atoms with Gasteiger partial charge < -0.3 is 5.32 Å². The standard InChI is InChI=1S/C14H13BrClN5/c1-8(9-4-3-5-10(16)6-9)19-13-11-12(15)20-21(2)14(11)18-7-17-13/h3-8H,1-2H3,(H,17,18,19). The molecule has 108 valence electrons. The summed E-state index contributed by atoms with van der Waals surface area (Å²) in [6, 6.07) is 7.83. The van der Waals surface area contributed by atoms with Crippen molar-refractivity contribution < 1.29 is 0 Å². The first-order valence-corrected chi connectivity index (χ1v) is 7.58. The Morgan fingerprint density at radius 3 is 2.90 bits per heavy atom. The van der Waals surface area contributed by atoms with Crippen molar-refractivity contribution in [1.29, 1.82) is 0 Å². The number of hydrogen-bond donors (Lipinski definition) is 1. The lowest BCUT2D eigenvalue weighted by atomic mass is 10.1. The Labute approximate surface area is 135 Å². The molecule has 0 aliphatic heterocycles. The predicted molar refractivity (Wildman–Crippen MR) is 87.5 cm³/mol. The molecule has 0 saturated heterocycles. The number of anilines is 1. The van der Waals surface area contributed by atoms with Gasteiger partial charge in [0.25, 0.3) is 0 Å². The highest BCUT2D eigenvalue weighted by molar-refractivity contribution is 9.10. The number of aryl methyl sites for hydroxylation is 1. The first kappa shape index (κ1) is 14.3. The van der Waals surface area contributed by atoms with Gasteiger partial charge in [-0.25, -0.2) is 14.6 Å². The van der Waals surface area contributed by atoms with E-state index in [1.54, 1.807) is 4.68 Å². The van der Waals surface area contributed by atoms with Crippen LogP contribution in [0.15, 0.2) is 35.2 Å². The van der Waals surface area contributed by atoms with Crippen molar-refractivity contribution in [2.24, 2.45) is 7.05 Å². The molecule has 1 aromatic carbocycles. The van der Waals surface area contributed by atoms with Gasteiger partial charge in [0.2, 0.25) is 0 Å². The van der Waals surface area contributed by atoms with E-state index in [2.05, 4.69) is 43.2 Å². The first-order chi connectivity index (χ1) is 10.1. The largest absolute Gasteiger partial charge is 0.363 e. The number of nitrogens with one attached hydrogen (secondary N) is 1. The third-order valence-corrected chi connectivity index (χ3v) is 4.07. The highest BCUT2D eigenvalue weighted by Crippen LogP contribution is 2.29. The molecule has 0 fully saturated rings. The third-order valence-electron chi connectivity index (χ3n) is 3.28. The van der Waals surface area contributed by atoms with Crippen LogP contribution in [0, 0.1) is 0 Å². The molecule has 2 aromatic heterocycles. The van der Waals surface area contributed by atoms with E-state index in [9.17, 15) is 0 Å². The summed E-state index contributed by atoms with van der Waals surface area (Å²) >= 11 is 9.49. The van der Waals surface area contributed by atoms with Crippen molar-refractivity contribution in [3.63, 3.8) is 0 Å². The van der Waals surface area contributed by atoms with Gasteiger partial charge in [-0.2, -0.15) is 5.10 Å². The number of fused-ring (bicyclic) bond motifs is 1. The molecule has 1 unspecified atom stereocenters. The molecule has 0 bridgehead atoms. The molecule has 1 atom stereocenters. The van der Waals surface area contributed by atoms with Crippen molar-refractivity contribution in [3.05, 3.63) is 45.8 Å². The predicted octanol–water partition coefficient (Wildman–Crippen LogP) is 3.95. The highest BCUT2D eigenvalue weighted by Gasteiger charge is 2.15. The van der Waals surface area contributed by atoms with Crippen molar-refractivity contribution in [2.45, 2.75) is 13.0 Å². The average molecular weight is 367 g/mol. The minimum Gasteiger partial charge on any atom is -0.363 e. The Hall–Kier alpha value is -1.66. The second kappa shape index (κ2) is 5.61. The fraction of sp³-hybridized carbons (Fsp3) is 0.214. The van der Waals surface area contributed by atoms with E-state index in [1.165, 1.54) is 6.33 Å². The van der Waals surface area contributed by atoms with Crippen molar-refractivity contribution in [1.82, 2.24) is 19.7 Å². The number of nitrogens with zero attached hydrogens (tertiary/aromatic N) is 4. The zero-order valence-corrected chi connectivity index (χ0v) is 13.9. The molecule has 0 radical (unpaired) electrons. The second-order valence-corrected chi connectivity index (χ2v) is 5.94. The summed E-state index contributed by atoms with van der Waals surface area (Å²) in [5.74, 6) is 0.743. The van der Waals surface area contributed by atoms with Gasteiger partial charge in [-0.15, -0.1) is 0 Å². The van der Waals surface area contributed by atoms with Gasteiger partial charge in [-0.3, -0.25) is 0 Å². The fourth-order valence-corrected chi connectivity index (χ4v) is 3.02. The Bertz CT molecular complexity index is 801. The number of rotatable bonds is 3. The SMILES string of the molecule is CC(Nc1ncnc2c1c(Br)nn2C)c1cccc(Cl)c1. The van der Waals surface area contributed by atoms with Crippen LogP contribution < -0.4 is 5.32 Å². The topological polar surface area (TPSA) is 55.6 Å². The molecule has 2 heterocycles. The van der Waals surface area contributed by atoms with Crippen LogP contribution in [-0.2, 0) is 7.05 Å². The van der Waals surface area contributed by atoms with Crippen LogP contribution in [-0.4, -0.2) is 19.7 Å². The van der Waals surface area contributed by atoms with Crippen molar-refractivity contribution in [3.8, 4) is 0 Å². The van der Waals surface area contributed by atoms with Crippen LogP contribution >= 0.6 is 27.5 Å². The number of hydrogen-bond acceptors (Lipinski definition) is 4. The van der Waals surface area contributed by atoms with Crippen LogP contribution in [0.4, 0.5) is 5.82 Å². The number of aromatic nitrogens is 4. The van der Waals surface area contributed by atoms with Gasteiger partial charge in [-0.1, -0.05) is 23.7 Å². The monoisotopic (exact) mass is 365 g/mol. The van der Waals surface area contributed by atoms with Crippen molar-refractivity contribution >= 4 is 44.4 Å². The van der Waals surface area contributed by atoms with Crippen LogP contribution in [0.3, 0.4) is 0 Å². The molecule has 1 N–H and O–H groups in total. The number of halogens is 2. The van der Waals surface area contributed by atoms with E-state index in [0.717, 1.165) is 32.0 Å². The molecular formula is C14H13BrClN5. The second-order valence-electron chi connectivity index (χ2n) is 4.76. The van der Waals surface area contributed by atoms with Gasteiger partial charge in [0, 0.05) is 12.1 Å². The summed E-state index contributed by atoms with van der Waals surface area (Å²) in [4.78, 5) is 8.59. The maximum Gasteiger partial charge on any atom is 0.164 e. The average Bonchev–Trinajstić information content (AvgIpc) is 2.75.